The Kier molecular flexibility index (Phi) is 4.37. The van der Waals surface area contributed by atoms with Crippen molar-refractivity contribution in [1.82, 2.24) is 0 Å². The Morgan fingerprint density at radius 2 is 1.27 bits per heavy atom. The van der Waals surface area contributed by atoms with E-state index in [1.807, 2.05) is 24.3 Å². The topological polar surface area (TPSA) is 20.2 Å². The van der Waals surface area contributed by atoms with E-state index in [9.17, 15) is 5.11 Å². The quantitative estimate of drug-likeness (QED) is 0.767. The summed E-state index contributed by atoms with van der Waals surface area (Å²) in [5, 5.41) is 10.5. The number of hydrogen-bond acceptors (Lipinski definition) is 1. The van der Waals surface area contributed by atoms with E-state index < -0.39 is 0 Å². The molecule has 22 heavy (non-hydrogen) atoms. The van der Waals surface area contributed by atoms with E-state index in [0.29, 0.717) is 5.75 Å². The molecule has 0 aliphatic rings. The predicted octanol–water partition coefficient (Wildman–Crippen LogP) is 5.58. The molecule has 0 aliphatic carbocycles. The minimum atomic E-state index is 0.0192. The van der Waals surface area contributed by atoms with Gasteiger partial charge in [0, 0.05) is 6.42 Å². The zero-order chi connectivity index (χ0) is 16.5. The van der Waals surface area contributed by atoms with E-state index in [1.54, 1.807) is 0 Å². The maximum atomic E-state index is 10.5. The van der Waals surface area contributed by atoms with Crippen LogP contribution >= 0.6 is 0 Å². The van der Waals surface area contributed by atoms with Crippen LogP contribution in [0, 0.1) is 0 Å². The minimum Gasteiger partial charge on any atom is -0.508 e. The molecule has 0 aliphatic heterocycles. The van der Waals surface area contributed by atoms with E-state index in [-0.39, 0.29) is 10.8 Å². The molecule has 0 fully saturated rings. The van der Waals surface area contributed by atoms with Gasteiger partial charge in [-0.1, -0.05) is 77.9 Å². The lowest BCUT2D eigenvalue weighted by atomic mass is 9.74. The van der Waals surface area contributed by atoms with Gasteiger partial charge in [-0.05, 0) is 39.2 Å². The van der Waals surface area contributed by atoms with Gasteiger partial charge in [0.1, 0.15) is 5.75 Å². The Bertz CT molecular complexity index is 640. The molecule has 0 heterocycles. The molecule has 118 valence electrons. The van der Waals surface area contributed by atoms with Crippen molar-refractivity contribution in [2.45, 2.75) is 58.8 Å². The fourth-order valence-electron chi connectivity index (χ4n) is 2.83. The number of phenols is 1. The monoisotopic (exact) mass is 296 g/mol. The lowest BCUT2D eigenvalue weighted by molar-refractivity contribution is 0.460. The summed E-state index contributed by atoms with van der Waals surface area (Å²) in [6.07, 6.45) is 0.764. The Labute approximate surface area is 135 Å². The molecule has 2 rings (SSSR count). The summed E-state index contributed by atoms with van der Waals surface area (Å²) in [5.74, 6) is 0.404. The molecule has 0 spiro atoms. The van der Waals surface area contributed by atoms with Crippen LogP contribution in [0.3, 0.4) is 0 Å². The van der Waals surface area contributed by atoms with Gasteiger partial charge in [-0.15, -0.1) is 0 Å². The van der Waals surface area contributed by atoms with E-state index >= 15 is 0 Å². The molecule has 1 nitrogen and oxygen atoms in total. The van der Waals surface area contributed by atoms with Gasteiger partial charge in [0.05, 0.1) is 0 Å². The fourth-order valence-corrected chi connectivity index (χ4v) is 2.83. The van der Waals surface area contributed by atoms with Crippen LogP contribution in [0.4, 0.5) is 0 Å². The van der Waals surface area contributed by atoms with Crippen molar-refractivity contribution in [2.75, 3.05) is 0 Å². The van der Waals surface area contributed by atoms with Crippen molar-refractivity contribution < 1.29 is 5.11 Å². The van der Waals surface area contributed by atoms with Crippen LogP contribution in [0.25, 0.3) is 0 Å². The second-order valence-electron chi connectivity index (χ2n) is 8.19. The van der Waals surface area contributed by atoms with E-state index in [1.165, 1.54) is 16.7 Å². The Morgan fingerprint density at radius 1 is 0.773 bits per heavy atom. The van der Waals surface area contributed by atoms with Gasteiger partial charge in [-0.3, -0.25) is 0 Å². The van der Waals surface area contributed by atoms with Gasteiger partial charge in [0.15, 0.2) is 0 Å². The maximum Gasteiger partial charge on any atom is 0.119 e. The SMILES string of the molecule is CC(C)(C)c1cc(O)c(Cc2ccccc2)cc1C(C)(C)C. The molecule has 1 N–H and O–H groups in total. The highest BCUT2D eigenvalue weighted by Gasteiger charge is 2.26. The summed E-state index contributed by atoms with van der Waals surface area (Å²) in [4.78, 5) is 0. The van der Waals surface area contributed by atoms with E-state index in [2.05, 4.69) is 59.7 Å². The Hall–Kier alpha value is -1.76. The Morgan fingerprint density at radius 3 is 1.77 bits per heavy atom. The maximum absolute atomic E-state index is 10.5. The lowest BCUT2D eigenvalue weighted by Gasteiger charge is -2.31. The van der Waals surface area contributed by atoms with Gasteiger partial charge in [0.2, 0.25) is 0 Å². The predicted molar refractivity (Wildman–Crippen MR) is 94.8 cm³/mol. The first kappa shape index (κ1) is 16.6. The van der Waals surface area contributed by atoms with Crippen LogP contribution < -0.4 is 0 Å². The van der Waals surface area contributed by atoms with Gasteiger partial charge in [-0.2, -0.15) is 0 Å². The molecule has 0 atom stereocenters. The normalized spacial score (nSPS) is 12.5. The molecule has 0 aromatic heterocycles. The highest BCUT2D eigenvalue weighted by molar-refractivity contribution is 5.49. The molecule has 2 aromatic rings. The smallest absolute Gasteiger partial charge is 0.119 e. The lowest BCUT2D eigenvalue weighted by Crippen LogP contribution is -2.22. The van der Waals surface area contributed by atoms with E-state index in [0.717, 1.165) is 12.0 Å². The zero-order valence-electron chi connectivity index (χ0n) is 14.7. The van der Waals surface area contributed by atoms with Crippen molar-refractivity contribution in [3.63, 3.8) is 0 Å². The summed E-state index contributed by atoms with van der Waals surface area (Å²) in [5.41, 5.74) is 4.86. The van der Waals surface area contributed by atoms with Crippen molar-refractivity contribution in [3.05, 3.63) is 64.7 Å². The first-order chi connectivity index (χ1) is 10.1. The summed E-state index contributed by atoms with van der Waals surface area (Å²) in [7, 11) is 0. The molecular formula is C21H28O. The molecular weight excluding hydrogens is 268 g/mol. The molecule has 0 unspecified atom stereocenters. The number of hydrogen-bond donors (Lipinski definition) is 1. The molecule has 2 aromatic carbocycles. The molecule has 0 amide bonds. The van der Waals surface area contributed by atoms with Crippen molar-refractivity contribution in [1.29, 1.82) is 0 Å². The van der Waals surface area contributed by atoms with Crippen molar-refractivity contribution in [3.8, 4) is 5.75 Å². The van der Waals surface area contributed by atoms with Gasteiger partial charge < -0.3 is 5.11 Å². The summed E-state index contributed by atoms with van der Waals surface area (Å²) in [6, 6.07) is 14.5. The van der Waals surface area contributed by atoms with Crippen LogP contribution in [0.15, 0.2) is 42.5 Å². The van der Waals surface area contributed by atoms with Gasteiger partial charge in [-0.25, -0.2) is 0 Å². The molecule has 1 heteroatoms. The Balaban J connectivity index is 2.54. The van der Waals surface area contributed by atoms with Crippen LogP contribution in [-0.4, -0.2) is 5.11 Å². The molecule has 0 radical (unpaired) electrons. The standard InChI is InChI=1S/C21H28O/c1-20(2,3)17-13-16(12-15-10-8-7-9-11-15)19(22)14-18(17)21(4,5)6/h7-11,13-14,22H,12H2,1-6H3. The first-order valence-electron chi connectivity index (χ1n) is 8.00. The largest absolute Gasteiger partial charge is 0.508 e. The molecule has 0 saturated heterocycles. The van der Waals surface area contributed by atoms with E-state index in [4.69, 9.17) is 0 Å². The van der Waals surface area contributed by atoms with Crippen molar-refractivity contribution >= 4 is 0 Å². The van der Waals surface area contributed by atoms with Crippen molar-refractivity contribution in [2.24, 2.45) is 0 Å². The van der Waals surface area contributed by atoms with Crippen LogP contribution in [-0.2, 0) is 17.3 Å². The second-order valence-corrected chi connectivity index (χ2v) is 8.19. The third kappa shape index (κ3) is 3.71. The average molecular weight is 296 g/mol. The third-order valence-corrected chi connectivity index (χ3v) is 4.07. The highest BCUT2D eigenvalue weighted by atomic mass is 16.3. The molecule has 0 bridgehead atoms. The van der Waals surface area contributed by atoms with Crippen LogP contribution in [0.5, 0.6) is 5.75 Å². The summed E-state index contributed by atoms with van der Waals surface area (Å²) >= 11 is 0. The third-order valence-electron chi connectivity index (χ3n) is 4.07. The summed E-state index contributed by atoms with van der Waals surface area (Å²) in [6.45, 7) is 13.3. The highest BCUT2D eigenvalue weighted by Crippen LogP contribution is 2.38. The number of aromatic hydroxyl groups is 1. The van der Waals surface area contributed by atoms with Gasteiger partial charge >= 0.3 is 0 Å². The number of rotatable bonds is 2. The zero-order valence-corrected chi connectivity index (χ0v) is 14.7. The summed E-state index contributed by atoms with van der Waals surface area (Å²) < 4.78 is 0. The molecule has 0 saturated carbocycles. The van der Waals surface area contributed by atoms with Crippen LogP contribution in [0.1, 0.15) is 63.8 Å². The first-order valence-corrected chi connectivity index (χ1v) is 8.00. The average Bonchev–Trinajstić information content (AvgIpc) is 2.39. The number of benzene rings is 2. The fraction of sp³-hybridized carbons (Fsp3) is 0.429. The minimum absolute atomic E-state index is 0.0192. The van der Waals surface area contributed by atoms with Gasteiger partial charge in [0.25, 0.3) is 0 Å². The second kappa shape index (κ2) is 5.79. The van der Waals surface area contributed by atoms with Crippen LogP contribution in [0.2, 0.25) is 0 Å². The number of phenolic OH excluding ortho intramolecular Hbond substituents is 1.